The first kappa shape index (κ1) is 23.5. The van der Waals surface area contributed by atoms with Gasteiger partial charge in [0.25, 0.3) is 0 Å². The molecule has 29 heavy (non-hydrogen) atoms. The Balaban J connectivity index is 2.02. The average Bonchev–Trinajstić information content (AvgIpc) is 2.68. The van der Waals surface area contributed by atoms with Crippen LogP contribution in [0.4, 0.5) is 13.2 Å². The zero-order valence-corrected chi connectivity index (χ0v) is 18.0. The molecule has 0 N–H and O–H groups in total. The topological polar surface area (TPSA) is 30.9 Å². The summed E-state index contributed by atoms with van der Waals surface area (Å²) in [5, 5.41) is 0. The molecule has 0 aromatic heterocycles. The number of ether oxygens (including phenoxy) is 3. The van der Waals surface area contributed by atoms with Crippen molar-refractivity contribution in [2.75, 3.05) is 34.0 Å². The Morgan fingerprint density at radius 1 is 0.862 bits per heavy atom. The Bertz CT molecular complexity index is 674. The maximum Gasteiger partial charge on any atom is 0.411 e. The summed E-state index contributed by atoms with van der Waals surface area (Å²) in [6.45, 7) is 0.526. The van der Waals surface area contributed by atoms with Gasteiger partial charge in [-0.15, -0.1) is 0 Å². The quantitative estimate of drug-likeness (QED) is 0.425. The van der Waals surface area contributed by atoms with E-state index < -0.39 is 12.8 Å². The molecule has 0 aliphatic carbocycles. The van der Waals surface area contributed by atoms with E-state index in [-0.39, 0.29) is 11.4 Å². The van der Waals surface area contributed by atoms with Gasteiger partial charge in [-0.25, -0.2) is 0 Å². The van der Waals surface area contributed by atoms with Crippen LogP contribution in [0.1, 0.15) is 11.1 Å². The van der Waals surface area contributed by atoms with E-state index in [1.807, 2.05) is 48.5 Å². The van der Waals surface area contributed by atoms with Crippen LogP contribution < -0.4 is 9.47 Å². The first-order chi connectivity index (χ1) is 13.8. The second-order valence-corrected chi connectivity index (χ2v) is 7.89. The van der Waals surface area contributed by atoms with Crippen molar-refractivity contribution in [2.24, 2.45) is 0 Å². The molecule has 4 nitrogen and oxygen atoms in total. The van der Waals surface area contributed by atoms with Gasteiger partial charge < -0.3 is 14.2 Å². The second kappa shape index (κ2) is 11.4. The number of hydrogen-bond donors (Lipinski definition) is 0. The largest absolute Gasteiger partial charge is 0.497 e. The van der Waals surface area contributed by atoms with Crippen LogP contribution in [-0.2, 0) is 17.8 Å². The lowest BCUT2D eigenvalue weighted by Crippen LogP contribution is -2.32. The minimum absolute atomic E-state index is 0.0266. The molecule has 160 valence electrons. The van der Waals surface area contributed by atoms with Crippen LogP contribution in [0.15, 0.2) is 48.5 Å². The lowest BCUT2D eigenvalue weighted by Gasteiger charge is -2.25. The summed E-state index contributed by atoms with van der Waals surface area (Å²) >= 11 is 3.44. The molecule has 0 fully saturated rings. The van der Waals surface area contributed by atoms with Crippen LogP contribution in [0, 0.1) is 0 Å². The lowest BCUT2D eigenvalue weighted by molar-refractivity contribution is -0.173. The first-order valence-corrected chi connectivity index (χ1v) is 9.97. The normalized spacial score (nSPS) is 12.8. The SMILES string of the molecule is COc1ccc(CN(Cc2ccc(OC)cc2)CC(Br)COCC(F)(F)F)cc1. The van der Waals surface area contributed by atoms with Crippen LogP contribution in [0.2, 0.25) is 0 Å². The Morgan fingerprint density at radius 2 is 1.31 bits per heavy atom. The van der Waals surface area contributed by atoms with Gasteiger partial charge in [-0.3, -0.25) is 4.90 Å². The highest BCUT2D eigenvalue weighted by Crippen LogP contribution is 2.19. The number of halogens is 4. The van der Waals surface area contributed by atoms with Crippen molar-refractivity contribution < 1.29 is 27.4 Å². The third-order valence-electron chi connectivity index (χ3n) is 4.15. The van der Waals surface area contributed by atoms with Crippen molar-refractivity contribution in [2.45, 2.75) is 24.1 Å². The smallest absolute Gasteiger partial charge is 0.411 e. The molecule has 0 aliphatic heterocycles. The molecule has 0 heterocycles. The summed E-state index contributed by atoms with van der Waals surface area (Å²) in [6, 6.07) is 15.5. The van der Waals surface area contributed by atoms with E-state index in [9.17, 15) is 13.2 Å². The molecule has 0 bridgehead atoms. The summed E-state index contributed by atoms with van der Waals surface area (Å²) in [6.07, 6.45) is -4.32. The Morgan fingerprint density at radius 3 is 1.69 bits per heavy atom. The number of nitrogens with zero attached hydrogens (tertiary/aromatic N) is 1. The van der Waals surface area contributed by atoms with Gasteiger partial charge in [-0.2, -0.15) is 13.2 Å². The van der Waals surface area contributed by atoms with Crippen LogP contribution in [0.3, 0.4) is 0 Å². The average molecular weight is 476 g/mol. The van der Waals surface area contributed by atoms with Crippen LogP contribution in [0.5, 0.6) is 11.5 Å². The zero-order valence-electron chi connectivity index (χ0n) is 16.4. The maximum atomic E-state index is 12.3. The molecule has 0 saturated carbocycles. The van der Waals surface area contributed by atoms with E-state index in [4.69, 9.17) is 14.2 Å². The molecule has 2 aromatic carbocycles. The van der Waals surface area contributed by atoms with E-state index in [0.29, 0.717) is 19.6 Å². The highest BCUT2D eigenvalue weighted by atomic mass is 79.9. The number of methoxy groups -OCH3 is 2. The number of alkyl halides is 4. The first-order valence-electron chi connectivity index (χ1n) is 9.06. The monoisotopic (exact) mass is 475 g/mol. The molecule has 1 unspecified atom stereocenters. The highest BCUT2D eigenvalue weighted by molar-refractivity contribution is 9.09. The summed E-state index contributed by atoms with van der Waals surface area (Å²) in [4.78, 5) is 1.92. The maximum absolute atomic E-state index is 12.3. The van der Waals surface area contributed by atoms with Crippen LogP contribution >= 0.6 is 15.9 Å². The van der Waals surface area contributed by atoms with E-state index in [2.05, 4.69) is 20.8 Å². The van der Waals surface area contributed by atoms with Gasteiger partial charge in [0.2, 0.25) is 0 Å². The summed E-state index contributed by atoms with van der Waals surface area (Å²) in [5.41, 5.74) is 2.16. The van der Waals surface area contributed by atoms with Gasteiger partial charge >= 0.3 is 6.18 Å². The molecular weight excluding hydrogens is 451 g/mol. The Labute approximate surface area is 177 Å². The fraction of sp³-hybridized carbons (Fsp3) is 0.429. The van der Waals surface area contributed by atoms with Gasteiger partial charge in [-0.1, -0.05) is 40.2 Å². The van der Waals surface area contributed by atoms with Crippen molar-refractivity contribution in [3.63, 3.8) is 0 Å². The van der Waals surface area contributed by atoms with Crippen LogP contribution in [0.25, 0.3) is 0 Å². The predicted molar refractivity (Wildman–Crippen MR) is 110 cm³/mol. The van der Waals surface area contributed by atoms with E-state index in [1.54, 1.807) is 14.2 Å². The molecule has 8 heteroatoms. The van der Waals surface area contributed by atoms with E-state index in [1.165, 1.54) is 0 Å². The van der Waals surface area contributed by atoms with Crippen molar-refractivity contribution in [1.82, 2.24) is 4.90 Å². The summed E-state index contributed by atoms with van der Waals surface area (Å²) < 4.78 is 52.1. The highest BCUT2D eigenvalue weighted by Gasteiger charge is 2.28. The van der Waals surface area contributed by atoms with Crippen LogP contribution in [-0.4, -0.2) is 49.9 Å². The lowest BCUT2D eigenvalue weighted by atomic mass is 10.1. The molecule has 0 amide bonds. The number of rotatable bonds is 11. The third-order valence-corrected chi connectivity index (χ3v) is 4.71. The molecule has 2 aromatic rings. The number of hydrogen-bond acceptors (Lipinski definition) is 4. The van der Waals surface area contributed by atoms with Crippen molar-refractivity contribution >= 4 is 15.9 Å². The summed E-state index contributed by atoms with van der Waals surface area (Å²) in [7, 11) is 3.22. The Hall–Kier alpha value is -1.77. The molecule has 0 aliphatic rings. The Kier molecular flexibility index (Phi) is 9.26. The van der Waals surface area contributed by atoms with E-state index in [0.717, 1.165) is 22.6 Å². The molecule has 1 atom stereocenters. The van der Waals surface area contributed by atoms with Crippen molar-refractivity contribution in [3.8, 4) is 11.5 Å². The minimum Gasteiger partial charge on any atom is -0.497 e. The molecule has 0 spiro atoms. The van der Waals surface area contributed by atoms with Gasteiger partial charge in [0.15, 0.2) is 0 Å². The van der Waals surface area contributed by atoms with E-state index >= 15 is 0 Å². The number of benzene rings is 2. The van der Waals surface area contributed by atoms with Crippen molar-refractivity contribution in [1.29, 1.82) is 0 Å². The second-order valence-electron chi connectivity index (χ2n) is 6.59. The van der Waals surface area contributed by atoms with Gasteiger partial charge in [-0.05, 0) is 35.4 Å². The zero-order chi connectivity index (χ0) is 21.3. The molecule has 0 saturated heterocycles. The fourth-order valence-electron chi connectivity index (χ4n) is 2.80. The minimum atomic E-state index is -4.32. The standard InChI is InChI=1S/C21H25BrF3NO3/c1-27-19-7-3-16(4-8-19)11-26(12-17-5-9-20(28-2)10-6-17)13-18(22)14-29-15-21(23,24)25/h3-10,18H,11-15H2,1-2H3. The molecular formula is C21H25BrF3NO3. The third kappa shape index (κ3) is 9.06. The summed E-state index contributed by atoms with van der Waals surface area (Å²) in [5.74, 6) is 1.55. The van der Waals surface area contributed by atoms with Gasteiger partial charge in [0.1, 0.15) is 18.1 Å². The predicted octanol–water partition coefficient (Wildman–Crippen LogP) is 5.05. The van der Waals surface area contributed by atoms with Gasteiger partial charge in [0.05, 0.1) is 25.7 Å². The fourth-order valence-corrected chi connectivity index (χ4v) is 3.40. The molecule has 2 rings (SSSR count). The molecule has 0 radical (unpaired) electrons. The van der Waals surface area contributed by atoms with Crippen molar-refractivity contribution in [3.05, 3.63) is 59.7 Å². The van der Waals surface area contributed by atoms with Gasteiger partial charge in [0, 0.05) is 19.6 Å².